The van der Waals surface area contributed by atoms with E-state index in [1.54, 1.807) is 13.2 Å². The monoisotopic (exact) mass is 337 g/mol. The number of aryl methyl sites for hydroxylation is 1. The predicted molar refractivity (Wildman–Crippen MR) is 82.7 cm³/mol. The molecule has 4 heteroatoms. The molecule has 1 unspecified atom stereocenters. The van der Waals surface area contributed by atoms with Crippen LogP contribution in [0.25, 0.3) is 0 Å². The standard InChI is InChI=1S/C16H17BrFNO/c1-10-4-6-12(14(18)8-10)16(19-2)13-9-11(17)5-7-15(13)20-3/h4-9,16,19H,1-3H3. The highest BCUT2D eigenvalue weighted by molar-refractivity contribution is 9.10. The van der Waals surface area contributed by atoms with Gasteiger partial charge in [0.1, 0.15) is 11.6 Å². The van der Waals surface area contributed by atoms with Gasteiger partial charge in [-0.15, -0.1) is 0 Å². The molecule has 0 aliphatic heterocycles. The van der Waals surface area contributed by atoms with Crippen molar-refractivity contribution in [3.63, 3.8) is 0 Å². The van der Waals surface area contributed by atoms with Crippen LogP contribution in [-0.2, 0) is 0 Å². The molecule has 2 rings (SSSR count). The first-order valence-electron chi connectivity index (χ1n) is 6.33. The van der Waals surface area contributed by atoms with Crippen molar-refractivity contribution in [3.05, 3.63) is 63.4 Å². The molecule has 106 valence electrons. The summed E-state index contributed by atoms with van der Waals surface area (Å²) < 4.78 is 20.5. The van der Waals surface area contributed by atoms with E-state index >= 15 is 0 Å². The average Bonchev–Trinajstić information content (AvgIpc) is 2.42. The van der Waals surface area contributed by atoms with Crippen LogP contribution in [0.4, 0.5) is 4.39 Å². The Morgan fingerprint density at radius 1 is 1.15 bits per heavy atom. The van der Waals surface area contributed by atoms with Gasteiger partial charge in [-0.25, -0.2) is 4.39 Å². The molecule has 0 amide bonds. The van der Waals surface area contributed by atoms with Gasteiger partial charge in [-0.05, 0) is 43.8 Å². The molecular weight excluding hydrogens is 321 g/mol. The van der Waals surface area contributed by atoms with Crippen molar-refractivity contribution in [2.24, 2.45) is 0 Å². The number of hydrogen-bond acceptors (Lipinski definition) is 2. The smallest absolute Gasteiger partial charge is 0.128 e. The van der Waals surface area contributed by atoms with E-state index < -0.39 is 0 Å². The van der Waals surface area contributed by atoms with Crippen LogP contribution in [0.1, 0.15) is 22.7 Å². The first kappa shape index (κ1) is 15.0. The summed E-state index contributed by atoms with van der Waals surface area (Å²) in [5.74, 6) is 0.513. The molecule has 0 aliphatic carbocycles. The largest absolute Gasteiger partial charge is 0.496 e. The molecule has 2 aromatic rings. The molecule has 0 fully saturated rings. The highest BCUT2D eigenvalue weighted by atomic mass is 79.9. The van der Waals surface area contributed by atoms with Crippen LogP contribution in [0.15, 0.2) is 40.9 Å². The summed E-state index contributed by atoms with van der Waals surface area (Å²) in [4.78, 5) is 0. The van der Waals surface area contributed by atoms with E-state index in [1.165, 1.54) is 0 Å². The van der Waals surface area contributed by atoms with Crippen molar-refractivity contribution in [2.45, 2.75) is 13.0 Å². The molecule has 1 N–H and O–H groups in total. The third-order valence-corrected chi connectivity index (χ3v) is 3.75. The van der Waals surface area contributed by atoms with Crippen LogP contribution in [0.3, 0.4) is 0 Å². The summed E-state index contributed by atoms with van der Waals surface area (Å²) in [5.41, 5.74) is 2.41. The fraction of sp³-hybridized carbons (Fsp3) is 0.250. The van der Waals surface area contributed by atoms with Gasteiger partial charge >= 0.3 is 0 Å². The van der Waals surface area contributed by atoms with E-state index in [-0.39, 0.29) is 11.9 Å². The first-order chi connectivity index (χ1) is 9.56. The third-order valence-electron chi connectivity index (χ3n) is 3.26. The molecule has 0 saturated heterocycles. The van der Waals surface area contributed by atoms with E-state index in [9.17, 15) is 4.39 Å². The molecule has 20 heavy (non-hydrogen) atoms. The normalized spacial score (nSPS) is 12.2. The van der Waals surface area contributed by atoms with Crippen LogP contribution < -0.4 is 10.1 Å². The molecule has 0 aliphatic rings. The van der Waals surface area contributed by atoms with Crippen molar-refractivity contribution in [1.29, 1.82) is 0 Å². The number of halogens is 2. The van der Waals surface area contributed by atoms with Crippen molar-refractivity contribution in [1.82, 2.24) is 5.32 Å². The van der Waals surface area contributed by atoms with Crippen molar-refractivity contribution >= 4 is 15.9 Å². The van der Waals surface area contributed by atoms with Crippen LogP contribution in [0, 0.1) is 12.7 Å². The number of nitrogens with one attached hydrogen (secondary N) is 1. The Balaban J connectivity index is 2.54. The number of hydrogen-bond donors (Lipinski definition) is 1. The lowest BCUT2D eigenvalue weighted by molar-refractivity contribution is 0.404. The molecule has 1 atom stereocenters. The van der Waals surface area contributed by atoms with Crippen molar-refractivity contribution < 1.29 is 9.13 Å². The minimum Gasteiger partial charge on any atom is -0.496 e. The summed E-state index contributed by atoms with van der Waals surface area (Å²) in [6.45, 7) is 1.88. The maximum atomic E-state index is 14.2. The lowest BCUT2D eigenvalue weighted by Gasteiger charge is -2.21. The Morgan fingerprint density at radius 3 is 2.50 bits per heavy atom. The second-order valence-electron chi connectivity index (χ2n) is 4.63. The van der Waals surface area contributed by atoms with E-state index in [0.717, 1.165) is 21.3 Å². The van der Waals surface area contributed by atoms with E-state index in [0.29, 0.717) is 5.56 Å². The Hall–Kier alpha value is -1.39. The van der Waals surface area contributed by atoms with Gasteiger partial charge in [-0.3, -0.25) is 0 Å². The third kappa shape index (κ3) is 3.02. The van der Waals surface area contributed by atoms with Gasteiger partial charge in [0.2, 0.25) is 0 Å². The minimum atomic E-state index is -0.261. The fourth-order valence-corrected chi connectivity index (χ4v) is 2.65. The van der Waals surface area contributed by atoms with Crippen molar-refractivity contribution in [3.8, 4) is 5.75 Å². The van der Waals surface area contributed by atoms with Gasteiger partial charge in [-0.2, -0.15) is 0 Å². The lowest BCUT2D eigenvalue weighted by atomic mass is 9.96. The highest BCUT2D eigenvalue weighted by Crippen LogP contribution is 2.33. The SMILES string of the molecule is CNC(c1ccc(C)cc1F)c1cc(Br)ccc1OC. The second kappa shape index (κ2) is 6.37. The summed E-state index contributed by atoms with van der Waals surface area (Å²) in [7, 11) is 3.43. The van der Waals surface area contributed by atoms with Gasteiger partial charge in [-0.1, -0.05) is 28.1 Å². The number of rotatable bonds is 4. The summed E-state index contributed by atoms with van der Waals surface area (Å²) in [5, 5.41) is 3.16. The zero-order valence-electron chi connectivity index (χ0n) is 11.7. The number of ether oxygens (including phenoxy) is 1. The summed E-state index contributed by atoms with van der Waals surface area (Å²) >= 11 is 3.45. The van der Waals surface area contributed by atoms with Crippen LogP contribution in [0.5, 0.6) is 5.75 Å². The second-order valence-corrected chi connectivity index (χ2v) is 5.55. The predicted octanol–water partition coefficient (Wildman–Crippen LogP) is 4.21. The van der Waals surface area contributed by atoms with Crippen LogP contribution in [-0.4, -0.2) is 14.2 Å². The van der Waals surface area contributed by atoms with Gasteiger partial charge in [0.15, 0.2) is 0 Å². The quantitative estimate of drug-likeness (QED) is 0.902. The van der Waals surface area contributed by atoms with Crippen LogP contribution in [0.2, 0.25) is 0 Å². The minimum absolute atomic E-state index is 0.216. The summed E-state index contributed by atoms with van der Waals surface area (Å²) in [6.07, 6.45) is 0. The molecule has 0 bridgehead atoms. The molecule has 0 radical (unpaired) electrons. The molecule has 0 saturated carbocycles. The lowest BCUT2D eigenvalue weighted by Crippen LogP contribution is -2.19. The fourth-order valence-electron chi connectivity index (χ4n) is 2.28. The van der Waals surface area contributed by atoms with Crippen molar-refractivity contribution in [2.75, 3.05) is 14.2 Å². The molecule has 2 aromatic carbocycles. The topological polar surface area (TPSA) is 21.3 Å². The molecule has 0 aromatic heterocycles. The Bertz CT molecular complexity index is 615. The summed E-state index contributed by atoms with van der Waals surface area (Å²) in [6, 6.07) is 10.7. The number of benzene rings is 2. The van der Waals surface area contributed by atoms with Gasteiger partial charge in [0.05, 0.1) is 13.2 Å². The van der Waals surface area contributed by atoms with E-state index in [2.05, 4.69) is 21.2 Å². The number of methoxy groups -OCH3 is 1. The Kier molecular flexibility index (Phi) is 4.78. The maximum absolute atomic E-state index is 14.2. The zero-order valence-corrected chi connectivity index (χ0v) is 13.3. The maximum Gasteiger partial charge on any atom is 0.128 e. The van der Waals surface area contributed by atoms with E-state index in [1.807, 2.05) is 44.3 Å². The van der Waals surface area contributed by atoms with Gasteiger partial charge < -0.3 is 10.1 Å². The Morgan fingerprint density at radius 2 is 1.90 bits per heavy atom. The highest BCUT2D eigenvalue weighted by Gasteiger charge is 2.20. The van der Waals surface area contributed by atoms with E-state index in [4.69, 9.17) is 4.74 Å². The molecule has 0 heterocycles. The molecule has 2 nitrogen and oxygen atoms in total. The van der Waals surface area contributed by atoms with Gasteiger partial charge in [0, 0.05) is 15.6 Å². The molecule has 0 spiro atoms. The first-order valence-corrected chi connectivity index (χ1v) is 7.13. The van der Waals surface area contributed by atoms with Gasteiger partial charge in [0.25, 0.3) is 0 Å². The zero-order chi connectivity index (χ0) is 14.7. The van der Waals surface area contributed by atoms with Crippen LogP contribution >= 0.6 is 15.9 Å². The average molecular weight is 338 g/mol. The Labute approximate surface area is 127 Å². The molecular formula is C16H17BrFNO.